The normalized spacial score (nSPS) is 10.5. The lowest BCUT2D eigenvalue weighted by molar-refractivity contribution is -0.111. The van der Waals surface area contributed by atoms with Gasteiger partial charge in [0.15, 0.2) is 0 Å². The number of benzene rings is 1. The van der Waals surface area contributed by atoms with E-state index in [1.807, 2.05) is 30.3 Å². The number of carbonyl (C=O) groups is 1. The average Bonchev–Trinajstić information content (AvgIpc) is 2.40. The van der Waals surface area contributed by atoms with Crippen LogP contribution in [0.4, 0.5) is 5.69 Å². The van der Waals surface area contributed by atoms with E-state index in [0.717, 1.165) is 5.56 Å². The summed E-state index contributed by atoms with van der Waals surface area (Å²) in [7, 11) is 0. The Morgan fingerprint density at radius 2 is 1.94 bits per heavy atom. The number of nitrogens with zero attached hydrogens (tertiary/aromatic N) is 1. The lowest BCUT2D eigenvalue weighted by atomic mass is 10.2. The molecule has 0 aliphatic carbocycles. The molecule has 2 aromatic rings. The molecule has 3 nitrogen and oxygen atoms in total. The first-order valence-corrected chi connectivity index (χ1v) is 5.77. The molecular formula is C14H11ClN2O. The van der Waals surface area contributed by atoms with Crippen molar-refractivity contribution < 1.29 is 4.79 Å². The number of nitrogens with one attached hydrogen (secondary N) is 1. The fraction of sp³-hybridized carbons (Fsp3) is 0. The molecule has 0 spiro atoms. The zero-order valence-corrected chi connectivity index (χ0v) is 10.3. The number of aromatic nitrogens is 1. The Hall–Kier alpha value is -2.13. The van der Waals surface area contributed by atoms with E-state index >= 15 is 0 Å². The molecule has 0 aliphatic rings. The molecule has 0 saturated carbocycles. The van der Waals surface area contributed by atoms with E-state index in [2.05, 4.69) is 10.3 Å². The maximum Gasteiger partial charge on any atom is 0.248 e. The van der Waals surface area contributed by atoms with Crippen molar-refractivity contribution in [3.63, 3.8) is 0 Å². The number of halogens is 1. The molecular weight excluding hydrogens is 248 g/mol. The Morgan fingerprint density at radius 3 is 2.61 bits per heavy atom. The number of hydrogen-bond acceptors (Lipinski definition) is 2. The average molecular weight is 259 g/mol. The molecule has 1 N–H and O–H groups in total. The first-order chi connectivity index (χ1) is 8.74. The van der Waals surface area contributed by atoms with Crippen LogP contribution in [0.3, 0.4) is 0 Å². The summed E-state index contributed by atoms with van der Waals surface area (Å²) in [5, 5.41) is 3.09. The van der Waals surface area contributed by atoms with Crippen LogP contribution < -0.4 is 5.32 Å². The number of carbonyl (C=O) groups excluding carboxylic acids is 1. The predicted octanol–water partition coefficient (Wildman–Crippen LogP) is 3.39. The highest BCUT2D eigenvalue weighted by atomic mass is 35.5. The lowest BCUT2D eigenvalue weighted by Gasteiger charge is -2.00. The number of hydrogen-bond donors (Lipinski definition) is 1. The van der Waals surface area contributed by atoms with Crippen LogP contribution in [0.2, 0.25) is 5.15 Å². The van der Waals surface area contributed by atoms with Crippen molar-refractivity contribution in [1.82, 2.24) is 4.98 Å². The number of amides is 1. The van der Waals surface area contributed by atoms with Gasteiger partial charge in [-0.1, -0.05) is 41.9 Å². The van der Waals surface area contributed by atoms with E-state index in [0.29, 0.717) is 10.8 Å². The van der Waals surface area contributed by atoms with E-state index in [1.165, 1.54) is 12.3 Å². The van der Waals surface area contributed by atoms with E-state index in [1.54, 1.807) is 18.2 Å². The van der Waals surface area contributed by atoms with Gasteiger partial charge in [-0.25, -0.2) is 4.98 Å². The molecule has 2 rings (SSSR count). The van der Waals surface area contributed by atoms with Gasteiger partial charge in [0.2, 0.25) is 5.91 Å². The third kappa shape index (κ3) is 3.71. The number of anilines is 1. The van der Waals surface area contributed by atoms with Crippen molar-refractivity contribution in [2.45, 2.75) is 0 Å². The van der Waals surface area contributed by atoms with E-state index in [9.17, 15) is 4.79 Å². The molecule has 0 aliphatic heterocycles. The fourth-order valence-corrected chi connectivity index (χ4v) is 1.48. The molecule has 0 saturated heterocycles. The molecule has 0 bridgehead atoms. The molecule has 0 fully saturated rings. The van der Waals surface area contributed by atoms with Crippen LogP contribution >= 0.6 is 11.6 Å². The summed E-state index contributed by atoms with van der Waals surface area (Å²) < 4.78 is 0. The second-order valence-corrected chi connectivity index (χ2v) is 3.99. The van der Waals surface area contributed by atoms with Gasteiger partial charge in [-0.2, -0.15) is 0 Å². The minimum atomic E-state index is -0.206. The molecule has 1 heterocycles. The van der Waals surface area contributed by atoms with Crippen LogP contribution in [0.5, 0.6) is 0 Å². The number of rotatable bonds is 3. The summed E-state index contributed by atoms with van der Waals surface area (Å²) in [5.41, 5.74) is 1.59. The molecule has 18 heavy (non-hydrogen) atoms. The Bertz CT molecular complexity index is 550. The van der Waals surface area contributed by atoms with Crippen LogP contribution in [0.1, 0.15) is 5.56 Å². The number of pyridine rings is 1. The summed E-state index contributed by atoms with van der Waals surface area (Å²) in [4.78, 5) is 15.5. The Labute approximate surface area is 110 Å². The van der Waals surface area contributed by atoms with Crippen molar-refractivity contribution in [1.29, 1.82) is 0 Å². The Balaban J connectivity index is 1.97. The van der Waals surface area contributed by atoms with Crippen LogP contribution in [0.15, 0.2) is 54.7 Å². The SMILES string of the molecule is O=C(/C=C/c1ccccc1)Nc1ccc(Cl)nc1. The molecule has 1 aromatic carbocycles. The first-order valence-electron chi connectivity index (χ1n) is 5.40. The first kappa shape index (κ1) is 12.3. The van der Waals surface area contributed by atoms with Gasteiger partial charge in [0.05, 0.1) is 11.9 Å². The molecule has 0 atom stereocenters. The molecule has 90 valence electrons. The van der Waals surface area contributed by atoms with Crippen molar-refractivity contribution in [2.24, 2.45) is 0 Å². The lowest BCUT2D eigenvalue weighted by Crippen LogP contribution is -2.07. The van der Waals surface area contributed by atoms with Crippen LogP contribution in [0.25, 0.3) is 6.08 Å². The summed E-state index contributed by atoms with van der Waals surface area (Å²) in [6, 6.07) is 12.9. The van der Waals surface area contributed by atoms with Gasteiger partial charge < -0.3 is 5.32 Å². The second kappa shape index (κ2) is 5.98. The summed E-state index contributed by atoms with van der Waals surface area (Å²) >= 11 is 5.65. The Morgan fingerprint density at radius 1 is 1.17 bits per heavy atom. The third-order valence-corrected chi connectivity index (χ3v) is 2.45. The molecule has 4 heteroatoms. The molecule has 1 aromatic heterocycles. The minimum Gasteiger partial charge on any atom is -0.321 e. The van der Waals surface area contributed by atoms with E-state index in [4.69, 9.17) is 11.6 Å². The summed E-state index contributed by atoms with van der Waals surface area (Å²) in [6.45, 7) is 0. The molecule has 0 radical (unpaired) electrons. The quantitative estimate of drug-likeness (QED) is 0.677. The highest BCUT2D eigenvalue weighted by Gasteiger charge is 1.98. The highest BCUT2D eigenvalue weighted by molar-refractivity contribution is 6.29. The van der Waals surface area contributed by atoms with Crippen LogP contribution in [-0.2, 0) is 4.79 Å². The van der Waals surface area contributed by atoms with E-state index < -0.39 is 0 Å². The third-order valence-electron chi connectivity index (χ3n) is 2.22. The van der Waals surface area contributed by atoms with Gasteiger partial charge in [0, 0.05) is 6.08 Å². The topological polar surface area (TPSA) is 42.0 Å². The van der Waals surface area contributed by atoms with Gasteiger partial charge in [0.1, 0.15) is 5.15 Å². The molecule has 0 unspecified atom stereocenters. The predicted molar refractivity (Wildman–Crippen MR) is 73.4 cm³/mol. The zero-order chi connectivity index (χ0) is 12.8. The van der Waals surface area contributed by atoms with Gasteiger partial charge in [-0.3, -0.25) is 4.79 Å². The maximum atomic E-state index is 11.6. The fourth-order valence-electron chi connectivity index (χ4n) is 1.37. The highest BCUT2D eigenvalue weighted by Crippen LogP contribution is 2.09. The van der Waals surface area contributed by atoms with Crippen molar-refractivity contribution in [2.75, 3.05) is 5.32 Å². The minimum absolute atomic E-state index is 0.206. The van der Waals surface area contributed by atoms with E-state index in [-0.39, 0.29) is 5.91 Å². The maximum absolute atomic E-state index is 11.6. The Kier molecular flexibility index (Phi) is 4.10. The van der Waals surface area contributed by atoms with Crippen molar-refractivity contribution in [3.8, 4) is 0 Å². The van der Waals surface area contributed by atoms with Crippen LogP contribution in [-0.4, -0.2) is 10.9 Å². The summed E-state index contributed by atoms with van der Waals surface area (Å²) in [5.74, 6) is -0.206. The standard InChI is InChI=1S/C14H11ClN2O/c15-13-8-7-12(10-16-13)17-14(18)9-6-11-4-2-1-3-5-11/h1-10H,(H,17,18)/b9-6+. The van der Waals surface area contributed by atoms with Gasteiger partial charge in [0.25, 0.3) is 0 Å². The van der Waals surface area contributed by atoms with Crippen LogP contribution in [0, 0.1) is 0 Å². The summed E-state index contributed by atoms with van der Waals surface area (Å²) in [6.07, 6.45) is 4.74. The van der Waals surface area contributed by atoms with Gasteiger partial charge in [-0.05, 0) is 23.8 Å². The largest absolute Gasteiger partial charge is 0.321 e. The van der Waals surface area contributed by atoms with Gasteiger partial charge in [-0.15, -0.1) is 0 Å². The monoisotopic (exact) mass is 258 g/mol. The van der Waals surface area contributed by atoms with Crippen molar-refractivity contribution in [3.05, 3.63) is 65.5 Å². The smallest absolute Gasteiger partial charge is 0.248 e. The zero-order valence-electron chi connectivity index (χ0n) is 9.51. The van der Waals surface area contributed by atoms with Gasteiger partial charge >= 0.3 is 0 Å². The van der Waals surface area contributed by atoms with Crippen molar-refractivity contribution >= 4 is 29.3 Å². The molecule has 1 amide bonds. The second-order valence-electron chi connectivity index (χ2n) is 3.60.